The molecule has 0 saturated heterocycles. The van der Waals surface area contributed by atoms with Crippen LogP contribution in [-0.4, -0.2) is 41.0 Å². The Hall–Kier alpha value is -4.54. The van der Waals surface area contributed by atoms with E-state index in [1.165, 1.54) is 0 Å². The van der Waals surface area contributed by atoms with E-state index in [4.69, 9.17) is 19.7 Å². The van der Waals surface area contributed by atoms with Gasteiger partial charge in [-0.1, -0.05) is 109 Å². The fourth-order valence-corrected chi connectivity index (χ4v) is 4.95. The van der Waals surface area contributed by atoms with Gasteiger partial charge in [0.1, 0.15) is 17.2 Å². The summed E-state index contributed by atoms with van der Waals surface area (Å²) in [4.78, 5) is 30.8. The number of hydrogen-bond acceptors (Lipinski definition) is 8. The van der Waals surface area contributed by atoms with Crippen LogP contribution in [0.2, 0.25) is 0 Å². The molecule has 10 heteroatoms. The van der Waals surface area contributed by atoms with Crippen molar-refractivity contribution in [1.82, 2.24) is 20.8 Å². The van der Waals surface area contributed by atoms with E-state index in [1.807, 2.05) is 91.0 Å². The summed E-state index contributed by atoms with van der Waals surface area (Å²) in [5, 5.41) is 10.1. The molecule has 0 fully saturated rings. The zero-order valence-corrected chi connectivity index (χ0v) is 26.4. The van der Waals surface area contributed by atoms with Crippen LogP contribution in [0.4, 0.5) is 4.79 Å². The molecule has 0 saturated carbocycles. The molecule has 1 heterocycles. The van der Waals surface area contributed by atoms with Crippen LogP contribution in [0.1, 0.15) is 87.4 Å². The normalized spacial score (nSPS) is 13.1. The first-order chi connectivity index (χ1) is 21.6. The number of hydrogen-bond donors (Lipinski definition) is 3. The first-order valence-corrected chi connectivity index (χ1v) is 15.3. The number of unbranched alkanes of at least 4 members (excludes halogenated alkanes) is 1. The number of benzene rings is 3. The zero-order valence-electron chi connectivity index (χ0n) is 26.4. The van der Waals surface area contributed by atoms with Crippen molar-refractivity contribution < 1.29 is 23.6 Å². The Kier molecular flexibility index (Phi) is 11.5. The molecular formula is C35H43N5O5. The predicted octanol–water partition coefficient (Wildman–Crippen LogP) is 5.95. The summed E-state index contributed by atoms with van der Waals surface area (Å²) in [6, 6.07) is 27.8. The lowest BCUT2D eigenvalue weighted by molar-refractivity contribution is -0.122. The van der Waals surface area contributed by atoms with E-state index < -0.39 is 29.3 Å². The summed E-state index contributed by atoms with van der Waals surface area (Å²) in [6.45, 7) is 8.02. The van der Waals surface area contributed by atoms with Gasteiger partial charge in [-0.05, 0) is 43.9 Å². The number of carbonyl (C=O) groups excluding carboxylic acids is 2. The van der Waals surface area contributed by atoms with Gasteiger partial charge in [0.05, 0.1) is 19.1 Å². The number of rotatable bonds is 14. The second-order valence-corrected chi connectivity index (χ2v) is 11.8. The molecule has 1 aromatic heterocycles. The minimum atomic E-state index is -0.987. The maximum Gasteiger partial charge on any atom is 0.408 e. The first kappa shape index (κ1) is 33.4. The van der Waals surface area contributed by atoms with Crippen molar-refractivity contribution in [1.29, 1.82) is 0 Å². The second kappa shape index (κ2) is 15.5. The van der Waals surface area contributed by atoms with Crippen molar-refractivity contribution in [2.45, 2.75) is 70.2 Å². The molecule has 0 spiro atoms. The lowest BCUT2D eigenvalue weighted by Crippen LogP contribution is -2.48. The summed E-state index contributed by atoms with van der Waals surface area (Å²) in [5.41, 5.74) is 7.47. The number of ether oxygens (including phenoxy) is 2. The van der Waals surface area contributed by atoms with Crippen molar-refractivity contribution in [3.05, 3.63) is 119 Å². The van der Waals surface area contributed by atoms with Crippen LogP contribution >= 0.6 is 0 Å². The number of nitrogens with two attached hydrogens (primary N) is 1. The highest BCUT2D eigenvalue weighted by atomic mass is 16.6. The molecule has 0 radical (unpaired) electrons. The molecule has 238 valence electrons. The molecule has 10 nitrogen and oxygen atoms in total. The number of carbonyl (C=O) groups is 2. The second-order valence-electron chi connectivity index (χ2n) is 11.8. The standard InChI is InChI=1S/C35H43N5O5/c1-5-6-22-43-24-29(37-33(42)44-34(2,3)4)31-38-32(45-40-31)28(36)23-30(41)39-35(25-16-10-7-11-17-25,26-18-12-8-13-19-26)27-20-14-9-15-21-27/h7-21,28-29H,5-6,22-24,36H2,1-4H3,(H,37,42)(H,39,41)/t28-,29-/m0/s1. The van der Waals surface area contributed by atoms with Crippen LogP contribution < -0.4 is 16.4 Å². The molecule has 0 aliphatic heterocycles. The minimum absolute atomic E-state index is 0.0643. The fraction of sp³-hybridized carbons (Fsp3) is 0.371. The molecule has 0 aliphatic carbocycles. The van der Waals surface area contributed by atoms with Crippen LogP contribution in [0, 0.1) is 0 Å². The highest BCUT2D eigenvalue weighted by Crippen LogP contribution is 2.37. The zero-order chi connectivity index (χ0) is 32.3. The molecule has 4 rings (SSSR count). The third-order valence-electron chi connectivity index (χ3n) is 7.06. The van der Waals surface area contributed by atoms with Crippen molar-refractivity contribution in [2.75, 3.05) is 13.2 Å². The first-order valence-electron chi connectivity index (χ1n) is 15.3. The molecule has 4 aromatic rings. The van der Waals surface area contributed by atoms with Crippen LogP contribution in [0.25, 0.3) is 0 Å². The van der Waals surface area contributed by atoms with Gasteiger partial charge in [-0.3, -0.25) is 4.79 Å². The number of amides is 2. The van der Waals surface area contributed by atoms with Crippen molar-refractivity contribution in [3.8, 4) is 0 Å². The third-order valence-corrected chi connectivity index (χ3v) is 7.06. The SMILES string of the molecule is CCCCOC[C@H](NC(=O)OC(C)(C)C)c1noc([C@@H](N)CC(=O)NC(c2ccccc2)(c2ccccc2)c2ccccc2)n1. The summed E-state index contributed by atoms with van der Waals surface area (Å²) < 4.78 is 16.6. The monoisotopic (exact) mass is 613 g/mol. The Bertz CT molecular complexity index is 1390. The van der Waals surface area contributed by atoms with Gasteiger partial charge in [-0.15, -0.1) is 0 Å². The molecule has 2 amide bonds. The van der Waals surface area contributed by atoms with Crippen LogP contribution in [0.5, 0.6) is 0 Å². The summed E-state index contributed by atoms with van der Waals surface area (Å²) in [7, 11) is 0. The van der Waals surface area contributed by atoms with Gasteiger partial charge in [0.15, 0.2) is 5.82 Å². The molecular weight excluding hydrogens is 570 g/mol. The molecule has 45 heavy (non-hydrogen) atoms. The van der Waals surface area contributed by atoms with Gasteiger partial charge in [-0.25, -0.2) is 4.79 Å². The topological polar surface area (TPSA) is 142 Å². The van der Waals surface area contributed by atoms with Crippen LogP contribution in [-0.2, 0) is 19.8 Å². The summed E-state index contributed by atoms with van der Waals surface area (Å²) in [5.74, 6) is -0.0741. The smallest absolute Gasteiger partial charge is 0.408 e. The lowest BCUT2D eigenvalue weighted by Gasteiger charge is -2.37. The summed E-state index contributed by atoms with van der Waals surface area (Å²) in [6.07, 6.45) is 1.06. The Labute approximate surface area is 264 Å². The third kappa shape index (κ3) is 8.99. The van der Waals surface area contributed by atoms with E-state index in [2.05, 4.69) is 27.7 Å². The molecule has 4 N–H and O–H groups in total. The van der Waals surface area contributed by atoms with Crippen molar-refractivity contribution in [2.24, 2.45) is 5.73 Å². The number of nitrogens with one attached hydrogen (secondary N) is 2. The highest BCUT2D eigenvalue weighted by Gasteiger charge is 2.38. The van der Waals surface area contributed by atoms with E-state index in [1.54, 1.807) is 20.8 Å². The molecule has 3 aromatic carbocycles. The Balaban J connectivity index is 1.56. The molecule has 0 bridgehead atoms. The van der Waals surface area contributed by atoms with E-state index >= 15 is 0 Å². The molecule has 0 aliphatic rings. The van der Waals surface area contributed by atoms with Gasteiger partial charge in [-0.2, -0.15) is 4.98 Å². The maximum absolute atomic E-state index is 13.8. The predicted molar refractivity (Wildman–Crippen MR) is 171 cm³/mol. The lowest BCUT2D eigenvalue weighted by atomic mass is 9.77. The van der Waals surface area contributed by atoms with Gasteiger partial charge in [0.25, 0.3) is 0 Å². The largest absolute Gasteiger partial charge is 0.444 e. The highest BCUT2D eigenvalue weighted by molar-refractivity contribution is 5.79. The van der Waals surface area contributed by atoms with Crippen LogP contribution in [0.15, 0.2) is 95.5 Å². The number of aromatic nitrogens is 2. The van der Waals surface area contributed by atoms with Gasteiger partial charge < -0.3 is 30.4 Å². The maximum atomic E-state index is 13.8. The van der Waals surface area contributed by atoms with Gasteiger partial charge in [0.2, 0.25) is 11.8 Å². The van der Waals surface area contributed by atoms with E-state index in [9.17, 15) is 9.59 Å². The Morgan fingerprint density at radius 2 is 1.42 bits per heavy atom. The average Bonchev–Trinajstić information content (AvgIpc) is 3.52. The quantitative estimate of drug-likeness (QED) is 0.117. The minimum Gasteiger partial charge on any atom is -0.444 e. The van der Waals surface area contributed by atoms with E-state index in [0.717, 1.165) is 29.5 Å². The molecule has 0 unspecified atom stereocenters. The average molecular weight is 614 g/mol. The van der Waals surface area contributed by atoms with E-state index in [0.29, 0.717) is 6.61 Å². The van der Waals surface area contributed by atoms with Crippen molar-refractivity contribution in [3.63, 3.8) is 0 Å². The van der Waals surface area contributed by atoms with Gasteiger partial charge >= 0.3 is 6.09 Å². The number of alkyl carbamates (subject to hydrolysis) is 1. The summed E-state index contributed by atoms with van der Waals surface area (Å²) >= 11 is 0. The fourth-order valence-electron chi connectivity index (χ4n) is 4.95. The number of nitrogens with zero attached hydrogens (tertiary/aromatic N) is 2. The van der Waals surface area contributed by atoms with E-state index in [-0.39, 0.29) is 30.7 Å². The van der Waals surface area contributed by atoms with Crippen molar-refractivity contribution >= 4 is 12.0 Å². The van der Waals surface area contributed by atoms with Crippen LogP contribution in [0.3, 0.4) is 0 Å². The molecule has 2 atom stereocenters. The Morgan fingerprint density at radius 1 is 0.889 bits per heavy atom. The Morgan fingerprint density at radius 3 is 1.91 bits per heavy atom. The van der Waals surface area contributed by atoms with Gasteiger partial charge in [0, 0.05) is 6.61 Å².